The third-order valence-electron chi connectivity index (χ3n) is 4.23. The summed E-state index contributed by atoms with van der Waals surface area (Å²) in [5.74, 6) is 0.690. The molecule has 0 spiro atoms. The van der Waals surface area contributed by atoms with Crippen LogP contribution in [0.2, 0.25) is 0 Å². The molecule has 0 aliphatic carbocycles. The topological polar surface area (TPSA) is 89.6 Å². The number of carbonyl (C=O) groups excluding carboxylic acids is 1. The van der Waals surface area contributed by atoms with Gasteiger partial charge in [-0.05, 0) is 25.1 Å². The van der Waals surface area contributed by atoms with Crippen molar-refractivity contribution < 1.29 is 9.53 Å². The lowest BCUT2D eigenvalue weighted by Gasteiger charge is -2.32. The molecule has 1 fully saturated rings. The fourth-order valence-corrected chi connectivity index (χ4v) is 2.98. The van der Waals surface area contributed by atoms with E-state index in [9.17, 15) is 4.79 Å². The monoisotopic (exact) mass is 341 g/mol. The van der Waals surface area contributed by atoms with Crippen molar-refractivity contribution in [2.45, 2.75) is 13.0 Å². The molecule has 130 valence electrons. The van der Waals surface area contributed by atoms with Gasteiger partial charge in [-0.3, -0.25) is 4.68 Å². The van der Waals surface area contributed by atoms with Gasteiger partial charge in [0, 0.05) is 19.8 Å². The number of morpholine rings is 1. The first kappa shape index (κ1) is 15.6. The SMILES string of the molecule is Cc1nc2ccc(NC(=O)N3CCOC(c4ccnn4C)C3)cn2n1. The average Bonchev–Trinajstić information content (AvgIpc) is 3.19. The number of amides is 2. The number of aromatic nitrogens is 5. The summed E-state index contributed by atoms with van der Waals surface area (Å²) in [6, 6.07) is 5.40. The minimum absolute atomic E-state index is 0.161. The van der Waals surface area contributed by atoms with Crippen LogP contribution >= 0.6 is 0 Å². The van der Waals surface area contributed by atoms with Crippen molar-refractivity contribution in [3.05, 3.63) is 42.1 Å². The molecule has 1 atom stereocenters. The molecule has 3 aromatic heterocycles. The number of urea groups is 1. The van der Waals surface area contributed by atoms with E-state index in [1.54, 1.807) is 26.5 Å². The zero-order chi connectivity index (χ0) is 17.4. The average molecular weight is 341 g/mol. The molecule has 1 aliphatic rings. The van der Waals surface area contributed by atoms with E-state index in [0.29, 0.717) is 31.2 Å². The number of pyridine rings is 1. The van der Waals surface area contributed by atoms with Crippen LogP contribution in [0.3, 0.4) is 0 Å². The zero-order valence-corrected chi connectivity index (χ0v) is 14.1. The summed E-state index contributed by atoms with van der Waals surface area (Å²) in [5, 5.41) is 11.3. The molecule has 25 heavy (non-hydrogen) atoms. The number of nitrogens with zero attached hydrogens (tertiary/aromatic N) is 6. The Hall–Kier alpha value is -2.94. The van der Waals surface area contributed by atoms with Gasteiger partial charge in [-0.2, -0.15) is 10.2 Å². The van der Waals surface area contributed by atoms with Crippen molar-refractivity contribution >= 4 is 17.4 Å². The second kappa shape index (κ2) is 6.17. The van der Waals surface area contributed by atoms with Crippen LogP contribution in [0.5, 0.6) is 0 Å². The van der Waals surface area contributed by atoms with Gasteiger partial charge in [-0.25, -0.2) is 14.3 Å². The Bertz CT molecular complexity index is 916. The number of aryl methyl sites for hydroxylation is 2. The van der Waals surface area contributed by atoms with Gasteiger partial charge in [0.25, 0.3) is 0 Å². The number of hydrogen-bond acceptors (Lipinski definition) is 5. The van der Waals surface area contributed by atoms with Gasteiger partial charge in [-0.1, -0.05) is 0 Å². The van der Waals surface area contributed by atoms with Crippen LogP contribution in [0.15, 0.2) is 30.6 Å². The quantitative estimate of drug-likeness (QED) is 0.760. The van der Waals surface area contributed by atoms with Crippen molar-refractivity contribution in [1.29, 1.82) is 0 Å². The number of rotatable bonds is 2. The molecule has 4 rings (SSSR count). The number of ether oxygens (including phenoxy) is 1. The van der Waals surface area contributed by atoms with Crippen LogP contribution in [0.1, 0.15) is 17.6 Å². The van der Waals surface area contributed by atoms with Gasteiger partial charge in [0.2, 0.25) is 0 Å². The van der Waals surface area contributed by atoms with Crippen molar-refractivity contribution in [1.82, 2.24) is 29.3 Å². The second-order valence-corrected chi connectivity index (χ2v) is 5.99. The maximum atomic E-state index is 12.6. The summed E-state index contributed by atoms with van der Waals surface area (Å²) in [4.78, 5) is 18.6. The molecule has 0 radical (unpaired) electrons. The lowest BCUT2D eigenvalue weighted by molar-refractivity contribution is -0.0175. The molecule has 1 unspecified atom stereocenters. The highest BCUT2D eigenvalue weighted by Gasteiger charge is 2.27. The van der Waals surface area contributed by atoms with Crippen LogP contribution in [0.4, 0.5) is 10.5 Å². The fourth-order valence-electron chi connectivity index (χ4n) is 2.98. The largest absolute Gasteiger partial charge is 0.368 e. The molecule has 2 amide bonds. The van der Waals surface area contributed by atoms with Gasteiger partial charge in [0.15, 0.2) is 5.65 Å². The minimum Gasteiger partial charge on any atom is -0.368 e. The lowest BCUT2D eigenvalue weighted by atomic mass is 10.2. The third kappa shape index (κ3) is 3.05. The van der Waals surface area contributed by atoms with Gasteiger partial charge in [0.05, 0.1) is 30.7 Å². The Morgan fingerprint density at radius 2 is 2.24 bits per heavy atom. The predicted octanol–water partition coefficient (Wildman–Crippen LogP) is 1.38. The summed E-state index contributed by atoms with van der Waals surface area (Å²) in [6.07, 6.45) is 3.31. The van der Waals surface area contributed by atoms with Gasteiger partial charge >= 0.3 is 6.03 Å². The highest BCUT2D eigenvalue weighted by atomic mass is 16.5. The second-order valence-electron chi connectivity index (χ2n) is 5.99. The van der Waals surface area contributed by atoms with Gasteiger partial charge < -0.3 is 15.0 Å². The number of carbonyl (C=O) groups is 1. The van der Waals surface area contributed by atoms with Crippen molar-refractivity contribution in [3.8, 4) is 0 Å². The Balaban J connectivity index is 1.47. The molecule has 4 heterocycles. The van der Waals surface area contributed by atoms with E-state index >= 15 is 0 Å². The molecule has 0 aromatic carbocycles. The summed E-state index contributed by atoms with van der Waals surface area (Å²) in [6.45, 7) is 3.35. The Morgan fingerprint density at radius 1 is 1.36 bits per heavy atom. The highest BCUT2D eigenvalue weighted by Crippen LogP contribution is 2.22. The summed E-state index contributed by atoms with van der Waals surface area (Å²) < 4.78 is 9.22. The fraction of sp³-hybridized carbons (Fsp3) is 0.375. The van der Waals surface area contributed by atoms with E-state index in [2.05, 4.69) is 20.5 Å². The predicted molar refractivity (Wildman–Crippen MR) is 90.2 cm³/mol. The third-order valence-corrected chi connectivity index (χ3v) is 4.23. The van der Waals surface area contributed by atoms with Crippen LogP contribution in [0, 0.1) is 6.92 Å². The number of fused-ring (bicyclic) bond motifs is 1. The van der Waals surface area contributed by atoms with E-state index in [1.165, 1.54) is 0 Å². The van der Waals surface area contributed by atoms with Gasteiger partial charge in [0.1, 0.15) is 11.9 Å². The minimum atomic E-state index is -0.174. The van der Waals surface area contributed by atoms with Crippen molar-refractivity contribution in [3.63, 3.8) is 0 Å². The maximum Gasteiger partial charge on any atom is 0.322 e. The zero-order valence-electron chi connectivity index (χ0n) is 14.1. The smallest absolute Gasteiger partial charge is 0.322 e. The first-order valence-corrected chi connectivity index (χ1v) is 8.08. The molecular weight excluding hydrogens is 322 g/mol. The van der Waals surface area contributed by atoms with E-state index in [4.69, 9.17) is 4.74 Å². The molecule has 0 bridgehead atoms. The molecule has 1 saturated heterocycles. The number of anilines is 1. The van der Waals surface area contributed by atoms with E-state index in [-0.39, 0.29) is 12.1 Å². The Morgan fingerprint density at radius 3 is 3.04 bits per heavy atom. The van der Waals surface area contributed by atoms with Crippen LogP contribution in [0.25, 0.3) is 5.65 Å². The normalized spacial score (nSPS) is 17.8. The van der Waals surface area contributed by atoms with Crippen molar-refractivity contribution in [2.24, 2.45) is 7.05 Å². The maximum absolute atomic E-state index is 12.6. The first-order chi connectivity index (χ1) is 12.1. The van der Waals surface area contributed by atoms with E-state index in [0.717, 1.165) is 11.3 Å². The molecule has 9 nitrogen and oxygen atoms in total. The van der Waals surface area contributed by atoms with Crippen LogP contribution in [-0.2, 0) is 11.8 Å². The molecule has 3 aromatic rings. The molecule has 9 heteroatoms. The van der Waals surface area contributed by atoms with E-state index in [1.807, 2.05) is 32.2 Å². The molecular formula is C16H19N7O2. The Kier molecular flexibility index (Phi) is 3.85. The highest BCUT2D eigenvalue weighted by molar-refractivity contribution is 5.89. The first-order valence-electron chi connectivity index (χ1n) is 8.08. The standard InChI is InChI=1S/C16H19N7O2/c1-11-18-15-4-3-12(9-23(15)20-11)19-16(24)22-7-8-25-14(10-22)13-5-6-17-21(13)2/h3-6,9,14H,7-8,10H2,1-2H3,(H,19,24). The van der Waals surface area contributed by atoms with Crippen molar-refractivity contribution in [2.75, 3.05) is 25.0 Å². The summed E-state index contributed by atoms with van der Waals surface area (Å²) in [7, 11) is 1.87. The Labute approximate surface area is 144 Å². The van der Waals surface area contributed by atoms with Gasteiger partial charge in [-0.15, -0.1) is 0 Å². The molecule has 0 saturated carbocycles. The molecule has 1 N–H and O–H groups in total. The van der Waals surface area contributed by atoms with Crippen LogP contribution in [-0.4, -0.2) is 55.0 Å². The summed E-state index contributed by atoms with van der Waals surface area (Å²) >= 11 is 0. The molecule has 1 aliphatic heterocycles. The number of hydrogen-bond donors (Lipinski definition) is 1. The lowest BCUT2D eigenvalue weighted by Crippen LogP contribution is -2.44. The van der Waals surface area contributed by atoms with Crippen LogP contribution < -0.4 is 5.32 Å². The van der Waals surface area contributed by atoms with E-state index < -0.39 is 0 Å². The number of nitrogens with one attached hydrogen (secondary N) is 1. The summed E-state index contributed by atoms with van der Waals surface area (Å²) in [5.41, 5.74) is 2.38.